The van der Waals surface area contributed by atoms with Crippen LogP contribution in [0.5, 0.6) is 0 Å². The average Bonchev–Trinajstić information content (AvgIpc) is 1.97. The topological polar surface area (TPSA) is 49.7 Å². The molecule has 12 heavy (non-hydrogen) atoms. The molecule has 0 rings (SSSR count). The summed E-state index contributed by atoms with van der Waals surface area (Å²) >= 11 is 0. The van der Waals surface area contributed by atoms with Crippen LogP contribution < -0.4 is 0 Å². The van der Waals surface area contributed by atoms with Gasteiger partial charge in [0.1, 0.15) is 0 Å². The van der Waals surface area contributed by atoms with E-state index in [2.05, 4.69) is 6.92 Å². The van der Waals surface area contributed by atoms with E-state index in [0.717, 1.165) is 19.4 Å². The van der Waals surface area contributed by atoms with Gasteiger partial charge in [-0.05, 0) is 20.3 Å². The normalized spacial score (nSPS) is 9.50. The van der Waals surface area contributed by atoms with Crippen LogP contribution in [0.1, 0.15) is 33.6 Å². The van der Waals surface area contributed by atoms with Crippen LogP contribution in [0, 0.1) is 0 Å². The predicted molar refractivity (Wildman–Crippen MR) is 50.2 cm³/mol. The van der Waals surface area contributed by atoms with Gasteiger partial charge in [-0.3, -0.25) is 0 Å². The molecule has 0 aromatic rings. The van der Waals surface area contributed by atoms with E-state index in [1.165, 1.54) is 0 Å². The van der Waals surface area contributed by atoms with Gasteiger partial charge in [-0.1, -0.05) is 13.3 Å². The third-order valence-corrected chi connectivity index (χ3v) is 0.878. The van der Waals surface area contributed by atoms with E-state index in [4.69, 9.17) is 14.9 Å². The maximum absolute atomic E-state index is 8.24. The Morgan fingerprint density at radius 3 is 2.08 bits per heavy atom. The minimum Gasteiger partial charge on any atom is -0.394 e. The Hall–Kier alpha value is -0.120. The molecule has 3 heteroatoms. The van der Waals surface area contributed by atoms with Crippen LogP contribution >= 0.6 is 0 Å². The van der Waals surface area contributed by atoms with Gasteiger partial charge in [-0.2, -0.15) is 0 Å². The Kier molecular flexibility index (Phi) is 16.2. The molecule has 0 heterocycles. The zero-order valence-electron chi connectivity index (χ0n) is 8.42. The smallest absolute Gasteiger partial charge is 0.0697 e. The van der Waals surface area contributed by atoms with Gasteiger partial charge < -0.3 is 14.9 Å². The van der Waals surface area contributed by atoms with Gasteiger partial charge in [-0.15, -0.1) is 0 Å². The van der Waals surface area contributed by atoms with Crippen LogP contribution in [0.4, 0.5) is 0 Å². The Balaban J connectivity index is 0. The molecule has 3 nitrogen and oxygen atoms in total. The van der Waals surface area contributed by atoms with Crippen molar-refractivity contribution < 1.29 is 14.9 Å². The second-order valence-corrected chi connectivity index (χ2v) is 2.78. The van der Waals surface area contributed by atoms with E-state index in [1.54, 1.807) is 13.8 Å². The molecule has 0 aliphatic rings. The third kappa shape index (κ3) is 32.7. The molecular formula is C9H22O3. The lowest BCUT2D eigenvalue weighted by Crippen LogP contribution is -1.99. The fourth-order valence-electron chi connectivity index (χ4n) is 0.413. The summed E-state index contributed by atoms with van der Waals surface area (Å²) in [6.45, 7) is 6.98. The highest BCUT2D eigenvalue weighted by atomic mass is 16.5. The van der Waals surface area contributed by atoms with E-state index in [-0.39, 0.29) is 12.7 Å². The monoisotopic (exact) mass is 178 g/mol. The predicted octanol–water partition coefficient (Wildman–Crippen LogP) is 1.18. The largest absolute Gasteiger partial charge is 0.394 e. The van der Waals surface area contributed by atoms with Gasteiger partial charge in [0, 0.05) is 12.7 Å². The fraction of sp³-hybridized carbons (Fsp3) is 1.00. The minimum absolute atomic E-state index is 0.143. The van der Waals surface area contributed by atoms with Crippen molar-refractivity contribution >= 4 is 0 Å². The molecule has 0 unspecified atom stereocenters. The fourth-order valence-corrected chi connectivity index (χ4v) is 0.413. The SMILES string of the molecule is CC(C)O.CCCCOCCO. The molecule has 0 bridgehead atoms. The minimum atomic E-state index is -0.167. The number of unbranched alkanes of at least 4 members (excludes halogenated alkanes) is 1. The van der Waals surface area contributed by atoms with E-state index >= 15 is 0 Å². The molecule has 0 aliphatic carbocycles. The van der Waals surface area contributed by atoms with Gasteiger partial charge in [0.2, 0.25) is 0 Å². The van der Waals surface area contributed by atoms with Crippen molar-refractivity contribution in [2.24, 2.45) is 0 Å². The summed E-state index contributed by atoms with van der Waals surface area (Å²) in [6, 6.07) is 0. The van der Waals surface area contributed by atoms with E-state index < -0.39 is 0 Å². The molecule has 0 radical (unpaired) electrons. The highest BCUT2D eigenvalue weighted by Gasteiger charge is 1.82. The van der Waals surface area contributed by atoms with Crippen molar-refractivity contribution in [1.29, 1.82) is 0 Å². The Morgan fingerprint density at radius 1 is 1.25 bits per heavy atom. The molecule has 2 N–H and O–H groups in total. The molecule has 0 amide bonds. The van der Waals surface area contributed by atoms with Crippen LogP contribution in [0.2, 0.25) is 0 Å². The lowest BCUT2D eigenvalue weighted by Gasteiger charge is -1.97. The van der Waals surface area contributed by atoms with Gasteiger partial charge in [0.15, 0.2) is 0 Å². The molecule has 0 atom stereocenters. The Morgan fingerprint density at radius 2 is 1.75 bits per heavy atom. The van der Waals surface area contributed by atoms with Crippen molar-refractivity contribution in [3.63, 3.8) is 0 Å². The van der Waals surface area contributed by atoms with Crippen LogP contribution in [-0.4, -0.2) is 36.1 Å². The summed E-state index contributed by atoms with van der Waals surface area (Å²) in [6.07, 6.45) is 2.09. The third-order valence-electron chi connectivity index (χ3n) is 0.878. The lowest BCUT2D eigenvalue weighted by atomic mass is 10.4. The van der Waals surface area contributed by atoms with Crippen molar-refractivity contribution in [2.45, 2.75) is 39.7 Å². The molecule has 0 fully saturated rings. The Labute approximate surface area is 75.4 Å². The molecule has 0 aliphatic heterocycles. The van der Waals surface area contributed by atoms with Crippen molar-refractivity contribution in [3.05, 3.63) is 0 Å². The second-order valence-electron chi connectivity index (χ2n) is 2.78. The second kappa shape index (κ2) is 13.5. The van der Waals surface area contributed by atoms with Crippen LogP contribution in [0.25, 0.3) is 0 Å². The van der Waals surface area contributed by atoms with Gasteiger partial charge in [-0.25, -0.2) is 0 Å². The number of ether oxygens (including phenoxy) is 1. The first kappa shape index (κ1) is 14.4. The molecule has 0 saturated heterocycles. The quantitative estimate of drug-likeness (QED) is 0.622. The maximum Gasteiger partial charge on any atom is 0.0697 e. The van der Waals surface area contributed by atoms with E-state index in [9.17, 15) is 0 Å². The number of aliphatic hydroxyl groups is 2. The van der Waals surface area contributed by atoms with E-state index in [1.807, 2.05) is 0 Å². The summed E-state index contributed by atoms with van der Waals surface area (Å²) in [5.41, 5.74) is 0. The number of aliphatic hydroxyl groups excluding tert-OH is 2. The standard InChI is InChI=1S/C6H14O2.C3H8O/c1-2-3-5-8-6-4-7;1-3(2)4/h7H,2-6H2,1H3;3-4H,1-2H3. The van der Waals surface area contributed by atoms with Gasteiger partial charge in [0.25, 0.3) is 0 Å². The average molecular weight is 178 g/mol. The van der Waals surface area contributed by atoms with Crippen LogP contribution in [0.15, 0.2) is 0 Å². The van der Waals surface area contributed by atoms with Crippen molar-refractivity contribution in [2.75, 3.05) is 19.8 Å². The zero-order valence-corrected chi connectivity index (χ0v) is 8.42. The first-order chi connectivity index (χ1) is 5.65. The summed E-state index contributed by atoms with van der Waals surface area (Å²) < 4.78 is 4.97. The summed E-state index contributed by atoms with van der Waals surface area (Å²) in [4.78, 5) is 0. The lowest BCUT2D eigenvalue weighted by molar-refractivity contribution is 0.0904. The van der Waals surface area contributed by atoms with Crippen molar-refractivity contribution in [1.82, 2.24) is 0 Å². The number of hydrogen-bond donors (Lipinski definition) is 2. The molecule has 76 valence electrons. The highest BCUT2D eigenvalue weighted by Crippen LogP contribution is 1.85. The molecule has 0 aromatic carbocycles. The van der Waals surface area contributed by atoms with Gasteiger partial charge in [0.05, 0.1) is 13.2 Å². The highest BCUT2D eigenvalue weighted by molar-refractivity contribution is 4.30. The molecule has 0 aromatic heterocycles. The van der Waals surface area contributed by atoms with Crippen LogP contribution in [-0.2, 0) is 4.74 Å². The van der Waals surface area contributed by atoms with Crippen LogP contribution in [0.3, 0.4) is 0 Å². The molecule has 0 saturated carbocycles. The number of rotatable bonds is 5. The van der Waals surface area contributed by atoms with Crippen molar-refractivity contribution in [3.8, 4) is 0 Å². The first-order valence-corrected chi connectivity index (χ1v) is 4.51. The summed E-state index contributed by atoms with van der Waals surface area (Å²) in [7, 11) is 0. The summed E-state index contributed by atoms with van der Waals surface area (Å²) in [5, 5.41) is 16.3. The number of hydrogen-bond acceptors (Lipinski definition) is 3. The van der Waals surface area contributed by atoms with Gasteiger partial charge >= 0.3 is 0 Å². The zero-order chi connectivity index (χ0) is 9.82. The molecular weight excluding hydrogens is 156 g/mol. The van der Waals surface area contributed by atoms with E-state index in [0.29, 0.717) is 6.61 Å². The first-order valence-electron chi connectivity index (χ1n) is 4.51. The maximum atomic E-state index is 8.24. The Bertz CT molecular complexity index is 56.0. The molecule has 0 spiro atoms. The summed E-state index contributed by atoms with van der Waals surface area (Å²) in [5.74, 6) is 0.